The standard InChI is InChI=1S/C39H44N4O4/c1-26(2)33-23-31(29-15-8-17-32(22-29)47-21-11-20-44)24-34(27(3)4)36(33)41-39(46)43(19-10-14-28-12-6-5-7-13-28)35-25-30-16-9-18-40-37(30)42-38(35)45/h5-9,12-13,15-18,22-27,44H,10-11,14,19-21H2,1-4H3,(H,41,46)(H,40,42,45). The number of nitrogens with one attached hydrogen (secondary N) is 2. The fraction of sp³-hybridized carbons (Fsp3) is 0.308. The number of aliphatic hydroxyl groups is 1. The highest BCUT2D eigenvalue weighted by atomic mass is 16.5. The van der Waals surface area contributed by atoms with Crippen molar-refractivity contribution in [1.82, 2.24) is 9.97 Å². The highest BCUT2D eigenvalue weighted by Crippen LogP contribution is 2.38. The molecule has 5 aromatic rings. The molecule has 0 aliphatic heterocycles. The lowest BCUT2D eigenvalue weighted by Gasteiger charge is -2.27. The molecule has 0 spiro atoms. The van der Waals surface area contributed by atoms with Crippen LogP contribution in [0.1, 0.15) is 69.1 Å². The van der Waals surface area contributed by atoms with E-state index in [1.807, 2.05) is 48.5 Å². The Kier molecular flexibility index (Phi) is 11.1. The van der Waals surface area contributed by atoms with Crippen molar-refractivity contribution < 1.29 is 14.6 Å². The van der Waals surface area contributed by atoms with Gasteiger partial charge in [0.25, 0.3) is 5.56 Å². The number of aromatic nitrogens is 2. The van der Waals surface area contributed by atoms with Crippen molar-refractivity contribution in [3.63, 3.8) is 0 Å². The van der Waals surface area contributed by atoms with E-state index in [1.54, 1.807) is 17.2 Å². The summed E-state index contributed by atoms with van der Waals surface area (Å²) in [5, 5.41) is 13.2. The number of ether oxygens (including phenoxy) is 1. The summed E-state index contributed by atoms with van der Waals surface area (Å²) in [4.78, 5) is 36.4. The summed E-state index contributed by atoms with van der Waals surface area (Å²) in [6, 6.07) is 27.4. The van der Waals surface area contributed by atoms with Crippen LogP contribution in [0.3, 0.4) is 0 Å². The van der Waals surface area contributed by atoms with E-state index in [0.717, 1.165) is 45.5 Å². The van der Waals surface area contributed by atoms with Gasteiger partial charge in [0.05, 0.1) is 6.61 Å². The maximum absolute atomic E-state index is 14.3. The molecule has 0 unspecified atom stereocenters. The molecule has 3 N–H and O–H groups in total. The SMILES string of the molecule is CC(C)c1cc(-c2cccc(OCCCO)c2)cc(C(C)C)c1NC(=O)N(CCCc1ccccc1)c1cc2cccnc2[nH]c1=O. The normalized spacial score (nSPS) is 11.3. The third-order valence-corrected chi connectivity index (χ3v) is 8.24. The van der Waals surface area contributed by atoms with E-state index in [1.165, 1.54) is 5.56 Å². The quantitative estimate of drug-likeness (QED) is 0.113. The molecule has 5 rings (SSSR count). The van der Waals surface area contributed by atoms with Gasteiger partial charge in [0, 0.05) is 36.8 Å². The molecule has 0 radical (unpaired) electrons. The highest BCUT2D eigenvalue weighted by Gasteiger charge is 2.24. The van der Waals surface area contributed by atoms with Crippen molar-refractivity contribution in [2.24, 2.45) is 0 Å². The number of nitrogens with zero attached hydrogens (tertiary/aromatic N) is 2. The smallest absolute Gasteiger partial charge is 0.326 e. The van der Waals surface area contributed by atoms with Crippen molar-refractivity contribution in [2.75, 3.05) is 30.0 Å². The van der Waals surface area contributed by atoms with Crippen LogP contribution in [-0.2, 0) is 6.42 Å². The Labute approximate surface area is 276 Å². The number of rotatable bonds is 13. The van der Waals surface area contributed by atoms with Crippen LogP contribution in [0.2, 0.25) is 0 Å². The molecule has 0 saturated carbocycles. The molecule has 3 aromatic carbocycles. The fourth-order valence-electron chi connectivity index (χ4n) is 5.74. The van der Waals surface area contributed by atoms with Crippen LogP contribution in [0, 0.1) is 0 Å². The largest absolute Gasteiger partial charge is 0.493 e. The van der Waals surface area contributed by atoms with Gasteiger partial charge >= 0.3 is 6.03 Å². The van der Waals surface area contributed by atoms with Crippen LogP contribution in [0.4, 0.5) is 16.2 Å². The number of amides is 2. The first-order valence-electron chi connectivity index (χ1n) is 16.4. The lowest BCUT2D eigenvalue weighted by atomic mass is 9.88. The van der Waals surface area contributed by atoms with Crippen LogP contribution in [0.15, 0.2) is 95.9 Å². The zero-order valence-electron chi connectivity index (χ0n) is 27.6. The lowest BCUT2D eigenvalue weighted by molar-refractivity contribution is 0.233. The molecule has 0 saturated heterocycles. The Morgan fingerprint density at radius 1 is 0.894 bits per heavy atom. The second-order valence-corrected chi connectivity index (χ2v) is 12.4. The summed E-state index contributed by atoms with van der Waals surface area (Å²) in [5.74, 6) is 0.953. The summed E-state index contributed by atoms with van der Waals surface area (Å²) in [6.07, 6.45) is 3.64. The Bertz CT molecular complexity index is 1840. The second-order valence-electron chi connectivity index (χ2n) is 12.4. The van der Waals surface area contributed by atoms with Gasteiger partial charge in [0.2, 0.25) is 0 Å². The summed E-state index contributed by atoms with van der Waals surface area (Å²) in [6.45, 7) is 9.34. The Morgan fingerprint density at radius 2 is 1.64 bits per heavy atom. The van der Waals surface area contributed by atoms with Gasteiger partial charge in [-0.05, 0) is 95.0 Å². The molecular formula is C39H44N4O4. The zero-order chi connectivity index (χ0) is 33.3. The van der Waals surface area contributed by atoms with E-state index in [-0.39, 0.29) is 35.7 Å². The fourth-order valence-corrected chi connectivity index (χ4v) is 5.74. The van der Waals surface area contributed by atoms with Crippen LogP contribution < -0.4 is 20.5 Å². The first-order chi connectivity index (χ1) is 22.7. The number of urea groups is 1. The first kappa shape index (κ1) is 33.4. The van der Waals surface area contributed by atoms with E-state index in [4.69, 9.17) is 9.84 Å². The third kappa shape index (κ3) is 8.26. The molecule has 244 valence electrons. The monoisotopic (exact) mass is 632 g/mol. The van der Waals surface area contributed by atoms with Gasteiger partial charge in [-0.25, -0.2) is 9.78 Å². The summed E-state index contributed by atoms with van der Waals surface area (Å²) < 4.78 is 5.85. The van der Waals surface area contributed by atoms with Crippen molar-refractivity contribution in [3.8, 4) is 16.9 Å². The number of hydrogen-bond donors (Lipinski definition) is 3. The zero-order valence-corrected chi connectivity index (χ0v) is 27.6. The minimum Gasteiger partial charge on any atom is -0.493 e. The van der Waals surface area contributed by atoms with Crippen molar-refractivity contribution in [1.29, 1.82) is 0 Å². The second kappa shape index (κ2) is 15.6. The van der Waals surface area contributed by atoms with Gasteiger partial charge in [-0.2, -0.15) is 0 Å². The molecule has 2 aromatic heterocycles. The summed E-state index contributed by atoms with van der Waals surface area (Å²) in [5.41, 5.74) is 6.39. The summed E-state index contributed by atoms with van der Waals surface area (Å²) >= 11 is 0. The average Bonchev–Trinajstić information content (AvgIpc) is 3.07. The molecule has 0 aliphatic rings. The van der Waals surface area contributed by atoms with Crippen LogP contribution >= 0.6 is 0 Å². The average molecular weight is 633 g/mol. The first-order valence-corrected chi connectivity index (χ1v) is 16.4. The number of anilines is 2. The van der Waals surface area contributed by atoms with Gasteiger partial charge in [0.1, 0.15) is 17.1 Å². The Hall–Kier alpha value is -4.95. The summed E-state index contributed by atoms with van der Waals surface area (Å²) in [7, 11) is 0. The number of pyridine rings is 2. The van der Waals surface area contributed by atoms with Crippen molar-refractivity contribution in [3.05, 3.63) is 118 Å². The molecule has 0 fully saturated rings. The predicted molar refractivity (Wildman–Crippen MR) is 191 cm³/mol. The molecular weight excluding hydrogens is 588 g/mol. The van der Waals surface area contributed by atoms with Crippen LogP contribution in [-0.4, -0.2) is 40.9 Å². The highest BCUT2D eigenvalue weighted by molar-refractivity contribution is 6.03. The van der Waals surface area contributed by atoms with Crippen LogP contribution in [0.25, 0.3) is 22.2 Å². The lowest BCUT2D eigenvalue weighted by Crippen LogP contribution is -2.39. The number of H-pyrrole nitrogens is 1. The number of aryl methyl sites for hydroxylation is 1. The molecule has 0 atom stereocenters. The minimum absolute atomic E-state index is 0.0826. The van der Waals surface area contributed by atoms with Gasteiger partial charge < -0.3 is 20.1 Å². The molecule has 0 aliphatic carbocycles. The molecule has 8 nitrogen and oxygen atoms in total. The predicted octanol–water partition coefficient (Wildman–Crippen LogP) is 8.27. The molecule has 8 heteroatoms. The molecule has 2 amide bonds. The Morgan fingerprint density at radius 3 is 2.34 bits per heavy atom. The van der Waals surface area contributed by atoms with E-state index >= 15 is 0 Å². The van der Waals surface area contributed by atoms with Gasteiger partial charge in [-0.15, -0.1) is 0 Å². The number of hydrogen-bond acceptors (Lipinski definition) is 5. The van der Waals surface area contributed by atoms with Gasteiger partial charge in [0.15, 0.2) is 0 Å². The number of fused-ring (bicyclic) bond motifs is 1. The maximum Gasteiger partial charge on any atom is 0.326 e. The topological polar surface area (TPSA) is 108 Å². The van der Waals surface area contributed by atoms with E-state index in [2.05, 4.69) is 73.3 Å². The molecule has 2 heterocycles. The van der Waals surface area contributed by atoms with Gasteiger partial charge in [-0.1, -0.05) is 70.2 Å². The minimum atomic E-state index is -0.365. The Balaban J connectivity index is 1.51. The number of carbonyl (C=O) groups excluding carboxylic acids is 1. The third-order valence-electron chi connectivity index (χ3n) is 8.24. The number of carbonyl (C=O) groups is 1. The van der Waals surface area contributed by atoms with E-state index in [0.29, 0.717) is 31.6 Å². The number of aliphatic hydroxyl groups excluding tert-OH is 1. The van der Waals surface area contributed by atoms with Crippen LogP contribution in [0.5, 0.6) is 5.75 Å². The van der Waals surface area contributed by atoms with E-state index in [9.17, 15) is 9.59 Å². The molecule has 47 heavy (non-hydrogen) atoms. The number of aromatic amines is 1. The molecule has 0 bridgehead atoms. The van der Waals surface area contributed by atoms with Crippen molar-refractivity contribution >= 4 is 28.4 Å². The van der Waals surface area contributed by atoms with Crippen molar-refractivity contribution in [2.45, 2.75) is 58.8 Å². The maximum atomic E-state index is 14.3. The number of benzene rings is 3. The van der Waals surface area contributed by atoms with Gasteiger partial charge in [-0.3, -0.25) is 9.69 Å². The van der Waals surface area contributed by atoms with E-state index < -0.39 is 0 Å².